The van der Waals surface area contributed by atoms with E-state index in [1.807, 2.05) is 36.5 Å². The zero-order valence-corrected chi connectivity index (χ0v) is 22.8. The van der Waals surface area contributed by atoms with E-state index in [4.69, 9.17) is 5.73 Å². The molecule has 4 rings (SSSR count). The van der Waals surface area contributed by atoms with Crippen LogP contribution in [-0.4, -0.2) is 45.5 Å². The lowest BCUT2D eigenvalue weighted by atomic mass is 10.1. The standard InChI is InChI=1S/C30H33F2N7O2/c1-20-15-27(26(32)16-25(20)31)36-30(41)38-29-35-18-24(28(40)37-29)23-9-7-22(8-10-23)19-39(14-4-11-33)13-3-6-21-5-2-12-34-17-21/h2,5,7-10,12,15-18H,3-4,6,11,13-14,19,33H2,1H3,(H3,35,36,37,38,40,41). The predicted molar refractivity (Wildman–Crippen MR) is 156 cm³/mol. The van der Waals surface area contributed by atoms with Crippen LogP contribution in [0.2, 0.25) is 0 Å². The third-order valence-corrected chi connectivity index (χ3v) is 6.54. The highest BCUT2D eigenvalue weighted by Gasteiger charge is 2.13. The number of aryl methyl sites for hydroxylation is 2. The number of pyridine rings is 1. The minimum absolute atomic E-state index is 0.117. The molecule has 5 N–H and O–H groups in total. The smallest absolute Gasteiger partial charge is 0.326 e. The lowest BCUT2D eigenvalue weighted by Crippen LogP contribution is -2.27. The van der Waals surface area contributed by atoms with Crippen LogP contribution in [-0.2, 0) is 13.0 Å². The maximum atomic E-state index is 13.9. The van der Waals surface area contributed by atoms with Crippen molar-refractivity contribution in [2.24, 2.45) is 5.73 Å². The number of amides is 2. The number of carbonyl (C=O) groups excluding carboxylic acids is 1. The molecule has 0 aliphatic carbocycles. The Bertz CT molecular complexity index is 1510. The third kappa shape index (κ3) is 8.50. The van der Waals surface area contributed by atoms with Crippen LogP contribution in [0.1, 0.15) is 29.5 Å². The molecule has 0 fully saturated rings. The summed E-state index contributed by atoms with van der Waals surface area (Å²) in [5.41, 5.74) is 8.60. The molecular weight excluding hydrogens is 528 g/mol. The summed E-state index contributed by atoms with van der Waals surface area (Å²) in [5.74, 6) is -1.76. The Morgan fingerprint density at radius 1 is 1.00 bits per heavy atom. The minimum Gasteiger partial charge on any atom is -0.330 e. The number of nitrogens with one attached hydrogen (secondary N) is 3. The highest BCUT2D eigenvalue weighted by atomic mass is 19.1. The summed E-state index contributed by atoms with van der Waals surface area (Å²) in [6.45, 7) is 4.66. The summed E-state index contributed by atoms with van der Waals surface area (Å²) in [6, 6.07) is 12.7. The first-order chi connectivity index (χ1) is 19.8. The number of urea groups is 1. The van der Waals surface area contributed by atoms with Gasteiger partial charge in [0.15, 0.2) is 0 Å². The number of aromatic amines is 1. The fourth-order valence-electron chi connectivity index (χ4n) is 4.36. The van der Waals surface area contributed by atoms with E-state index in [1.165, 1.54) is 24.8 Å². The normalized spacial score (nSPS) is 11.0. The fourth-order valence-corrected chi connectivity index (χ4v) is 4.36. The van der Waals surface area contributed by atoms with Gasteiger partial charge >= 0.3 is 6.03 Å². The Kier molecular flexibility index (Phi) is 10.2. The van der Waals surface area contributed by atoms with Crippen LogP contribution in [0.15, 0.2) is 71.9 Å². The Labute approximate surface area is 236 Å². The van der Waals surface area contributed by atoms with Gasteiger partial charge in [-0.15, -0.1) is 0 Å². The molecule has 214 valence electrons. The van der Waals surface area contributed by atoms with Crippen molar-refractivity contribution in [2.45, 2.75) is 32.7 Å². The third-order valence-electron chi connectivity index (χ3n) is 6.54. The Morgan fingerprint density at radius 2 is 1.78 bits per heavy atom. The molecule has 0 bridgehead atoms. The minimum atomic E-state index is -0.921. The van der Waals surface area contributed by atoms with E-state index in [2.05, 4.69) is 36.6 Å². The predicted octanol–water partition coefficient (Wildman–Crippen LogP) is 4.85. The van der Waals surface area contributed by atoms with E-state index >= 15 is 0 Å². The lowest BCUT2D eigenvalue weighted by molar-refractivity contribution is 0.260. The van der Waals surface area contributed by atoms with Crippen molar-refractivity contribution in [3.05, 3.63) is 106 Å². The van der Waals surface area contributed by atoms with Gasteiger partial charge in [-0.1, -0.05) is 30.3 Å². The first-order valence-electron chi connectivity index (χ1n) is 13.4. The fraction of sp³-hybridized carbons (Fsp3) is 0.267. The van der Waals surface area contributed by atoms with Crippen molar-refractivity contribution in [1.29, 1.82) is 0 Å². The van der Waals surface area contributed by atoms with E-state index in [1.54, 1.807) is 6.20 Å². The van der Waals surface area contributed by atoms with Crippen LogP contribution in [0, 0.1) is 18.6 Å². The number of nitrogens with two attached hydrogens (primary N) is 1. The number of rotatable bonds is 12. The molecule has 41 heavy (non-hydrogen) atoms. The van der Waals surface area contributed by atoms with Gasteiger partial charge in [-0.05, 0) is 80.2 Å². The summed E-state index contributed by atoms with van der Waals surface area (Å²) in [6.07, 6.45) is 7.90. The molecule has 0 saturated heterocycles. The van der Waals surface area contributed by atoms with Gasteiger partial charge in [-0.3, -0.25) is 25.0 Å². The van der Waals surface area contributed by atoms with Crippen molar-refractivity contribution in [3.8, 4) is 11.1 Å². The highest BCUT2D eigenvalue weighted by molar-refractivity contribution is 5.98. The van der Waals surface area contributed by atoms with Crippen LogP contribution in [0.3, 0.4) is 0 Å². The molecule has 0 spiro atoms. The second-order valence-electron chi connectivity index (χ2n) is 9.72. The van der Waals surface area contributed by atoms with E-state index in [-0.39, 0.29) is 17.2 Å². The topological polar surface area (TPSA) is 129 Å². The summed E-state index contributed by atoms with van der Waals surface area (Å²) in [4.78, 5) is 38.2. The summed E-state index contributed by atoms with van der Waals surface area (Å²) < 4.78 is 27.4. The zero-order valence-electron chi connectivity index (χ0n) is 22.8. The van der Waals surface area contributed by atoms with Gasteiger partial charge in [0.25, 0.3) is 5.56 Å². The van der Waals surface area contributed by atoms with Crippen molar-refractivity contribution in [1.82, 2.24) is 19.9 Å². The number of hydrogen-bond acceptors (Lipinski definition) is 6. The summed E-state index contributed by atoms with van der Waals surface area (Å²) in [7, 11) is 0. The monoisotopic (exact) mass is 561 g/mol. The van der Waals surface area contributed by atoms with E-state index in [0.29, 0.717) is 23.7 Å². The van der Waals surface area contributed by atoms with E-state index < -0.39 is 23.2 Å². The van der Waals surface area contributed by atoms with Crippen LogP contribution < -0.4 is 21.9 Å². The molecule has 2 amide bonds. The maximum absolute atomic E-state index is 13.9. The van der Waals surface area contributed by atoms with Crippen LogP contribution in [0.25, 0.3) is 11.1 Å². The number of benzene rings is 2. The van der Waals surface area contributed by atoms with Crippen molar-refractivity contribution >= 4 is 17.7 Å². The largest absolute Gasteiger partial charge is 0.330 e. The molecule has 0 atom stereocenters. The lowest BCUT2D eigenvalue weighted by Gasteiger charge is -2.22. The SMILES string of the molecule is Cc1cc(NC(=O)Nc2ncc(-c3ccc(CN(CCCN)CCCc4cccnc4)cc3)c(=O)[nH]2)c(F)cc1F. The first-order valence-corrected chi connectivity index (χ1v) is 13.4. The molecule has 4 aromatic rings. The van der Waals surface area contributed by atoms with E-state index in [9.17, 15) is 18.4 Å². The van der Waals surface area contributed by atoms with Crippen LogP contribution in [0.5, 0.6) is 0 Å². The maximum Gasteiger partial charge on any atom is 0.326 e. The Balaban J connectivity index is 1.36. The Morgan fingerprint density at radius 3 is 2.49 bits per heavy atom. The zero-order chi connectivity index (χ0) is 29.2. The average molecular weight is 562 g/mol. The number of anilines is 2. The summed E-state index contributed by atoms with van der Waals surface area (Å²) >= 11 is 0. The van der Waals surface area contributed by atoms with Gasteiger partial charge in [0.1, 0.15) is 11.6 Å². The number of nitrogens with zero attached hydrogens (tertiary/aromatic N) is 3. The number of halogens is 2. The molecule has 2 heterocycles. The second-order valence-corrected chi connectivity index (χ2v) is 9.72. The number of hydrogen-bond donors (Lipinski definition) is 4. The van der Waals surface area contributed by atoms with Gasteiger partial charge in [0.05, 0.1) is 11.3 Å². The van der Waals surface area contributed by atoms with Crippen LogP contribution in [0.4, 0.5) is 25.2 Å². The van der Waals surface area contributed by atoms with Crippen molar-refractivity contribution in [3.63, 3.8) is 0 Å². The second kappa shape index (κ2) is 14.2. The number of aromatic nitrogens is 3. The van der Waals surface area contributed by atoms with E-state index in [0.717, 1.165) is 44.5 Å². The Hall–Kier alpha value is -4.48. The summed E-state index contributed by atoms with van der Waals surface area (Å²) in [5, 5.41) is 4.63. The van der Waals surface area contributed by atoms with Gasteiger partial charge < -0.3 is 11.1 Å². The first kappa shape index (κ1) is 29.5. The van der Waals surface area contributed by atoms with Crippen molar-refractivity contribution in [2.75, 3.05) is 30.3 Å². The molecule has 0 saturated carbocycles. The van der Waals surface area contributed by atoms with Gasteiger partial charge in [0.2, 0.25) is 5.95 Å². The number of carbonyl (C=O) groups is 1. The van der Waals surface area contributed by atoms with Crippen LogP contribution >= 0.6 is 0 Å². The molecule has 0 unspecified atom stereocenters. The highest BCUT2D eigenvalue weighted by Crippen LogP contribution is 2.20. The molecule has 9 nitrogen and oxygen atoms in total. The molecule has 0 aliphatic rings. The molecule has 11 heteroatoms. The molecule has 0 radical (unpaired) electrons. The molecular formula is C30H33F2N7O2. The number of H-pyrrole nitrogens is 1. The average Bonchev–Trinajstić information content (AvgIpc) is 2.96. The van der Waals surface area contributed by atoms with Gasteiger partial charge in [-0.2, -0.15) is 0 Å². The quantitative estimate of drug-likeness (QED) is 0.196. The molecule has 2 aromatic carbocycles. The van der Waals surface area contributed by atoms with Gasteiger partial charge in [-0.25, -0.2) is 18.6 Å². The van der Waals surface area contributed by atoms with Crippen molar-refractivity contribution < 1.29 is 13.6 Å². The molecule has 0 aliphatic heterocycles. The molecule has 2 aromatic heterocycles. The van der Waals surface area contributed by atoms with Gasteiger partial charge in [0, 0.05) is 31.2 Å².